The molecule has 2 unspecified atom stereocenters. The summed E-state index contributed by atoms with van der Waals surface area (Å²) in [5.41, 5.74) is 0. The molecule has 0 bridgehead atoms. The van der Waals surface area contributed by atoms with Crippen molar-refractivity contribution in [2.75, 3.05) is 12.8 Å². The molecular formula is C10H21NOS. The summed E-state index contributed by atoms with van der Waals surface area (Å²) in [5, 5.41) is 12.7. The van der Waals surface area contributed by atoms with Gasteiger partial charge in [0.25, 0.3) is 0 Å². The Hall–Kier alpha value is 0.270. The van der Waals surface area contributed by atoms with Crippen LogP contribution in [0.2, 0.25) is 0 Å². The second-order valence-electron chi connectivity index (χ2n) is 4.15. The molecule has 0 heterocycles. The summed E-state index contributed by atoms with van der Waals surface area (Å²) in [6.07, 6.45) is 5.96. The standard InChI is InChI=1S/C10H21NOS/c1-8(9(2)12)11-7-10(13-3)5-4-6-10/h8-9,11-12H,4-7H2,1-3H3. The van der Waals surface area contributed by atoms with Gasteiger partial charge in [-0.15, -0.1) is 0 Å². The molecule has 78 valence electrons. The summed E-state index contributed by atoms with van der Waals surface area (Å²) in [6.45, 7) is 4.92. The van der Waals surface area contributed by atoms with Crippen LogP contribution >= 0.6 is 11.8 Å². The van der Waals surface area contributed by atoms with Gasteiger partial charge in [-0.3, -0.25) is 0 Å². The maximum Gasteiger partial charge on any atom is 0.0662 e. The monoisotopic (exact) mass is 203 g/mol. The minimum Gasteiger partial charge on any atom is -0.392 e. The van der Waals surface area contributed by atoms with Crippen LogP contribution in [-0.4, -0.2) is 34.8 Å². The van der Waals surface area contributed by atoms with E-state index in [1.54, 1.807) is 0 Å². The van der Waals surface area contributed by atoms with Crippen molar-refractivity contribution in [2.24, 2.45) is 0 Å². The Morgan fingerprint density at radius 3 is 2.38 bits per heavy atom. The molecule has 2 nitrogen and oxygen atoms in total. The Balaban J connectivity index is 2.24. The molecular weight excluding hydrogens is 182 g/mol. The van der Waals surface area contributed by atoms with E-state index in [4.69, 9.17) is 0 Å². The van der Waals surface area contributed by atoms with Gasteiger partial charge in [0.1, 0.15) is 0 Å². The number of hydrogen-bond acceptors (Lipinski definition) is 3. The van der Waals surface area contributed by atoms with Crippen LogP contribution in [0.5, 0.6) is 0 Å². The van der Waals surface area contributed by atoms with Gasteiger partial charge in [0, 0.05) is 17.3 Å². The van der Waals surface area contributed by atoms with E-state index in [1.807, 2.05) is 25.6 Å². The van der Waals surface area contributed by atoms with Crippen LogP contribution in [0, 0.1) is 0 Å². The van der Waals surface area contributed by atoms with E-state index in [0.717, 1.165) is 6.54 Å². The predicted molar refractivity (Wildman–Crippen MR) is 59.2 cm³/mol. The highest BCUT2D eigenvalue weighted by Gasteiger charge is 2.36. The van der Waals surface area contributed by atoms with Crippen molar-refractivity contribution in [3.63, 3.8) is 0 Å². The molecule has 0 amide bonds. The van der Waals surface area contributed by atoms with Crippen LogP contribution in [0.25, 0.3) is 0 Å². The van der Waals surface area contributed by atoms with Crippen molar-refractivity contribution < 1.29 is 5.11 Å². The van der Waals surface area contributed by atoms with E-state index in [-0.39, 0.29) is 12.1 Å². The molecule has 0 aliphatic heterocycles. The molecule has 0 radical (unpaired) electrons. The number of rotatable bonds is 5. The van der Waals surface area contributed by atoms with Gasteiger partial charge in [-0.1, -0.05) is 6.42 Å². The molecule has 0 saturated heterocycles. The van der Waals surface area contributed by atoms with Crippen LogP contribution in [0.1, 0.15) is 33.1 Å². The van der Waals surface area contributed by atoms with Crippen molar-refractivity contribution in [1.82, 2.24) is 5.32 Å². The minimum atomic E-state index is -0.251. The average Bonchev–Trinajstić information content (AvgIpc) is 2.02. The van der Waals surface area contributed by atoms with Crippen molar-refractivity contribution in [2.45, 2.75) is 50.0 Å². The minimum absolute atomic E-state index is 0.213. The van der Waals surface area contributed by atoms with Gasteiger partial charge in [-0.05, 0) is 32.9 Å². The first-order valence-corrected chi connectivity index (χ1v) is 6.29. The summed E-state index contributed by atoms with van der Waals surface area (Å²) >= 11 is 1.97. The largest absolute Gasteiger partial charge is 0.392 e. The Bertz CT molecular complexity index is 151. The first kappa shape index (κ1) is 11.3. The number of hydrogen-bond donors (Lipinski definition) is 2. The zero-order chi connectivity index (χ0) is 9.90. The van der Waals surface area contributed by atoms with Crippen molar-refractivity contribution in [3.05, 3.63) is 0 Å². The van der Waals surface area contributed by atoms with Gasteiger partial charge >= 0.3 is 0 Å². The van der Waals surface area contributed by atoms with Crippen LogP contribution in [0.3, 0.4) is 0 Å². The molecule has 13 heavy (non-hydrogen) atoms. The summed E-state index contributed by atoms with van der Waals surface area (Å²) in [5.74, 6) is 0. The van der Waals surface area contributed by atoms with Crippen molar-refractivity contribution >= 4 is 11.8 Å². The lowest BCUT2D eigenvalue weighted by Gasteiger charge is -2.41. The number of aliphatic hydroxyl groups excluding tert-OH is 1. The Labute approximate surface area is 85.5 Å². The summed E-state index contributed by atoms with van der Waals surface area (Å²) in [7, 11) is 0. The lowest BCUT2D eigenvalue weighted by molar-refractivity contribution is 0.148. The third-order valence-corrected chi connectivity index (χ3v) is 4.59. The van der Waals surface area contributed by atoms with Gasteiger partial charge in [0.2, 0.25) is 0 Å². The second-order valence-corrected chi connectivity index (χ2v) is 5.43. The van der Waals surface area contributed by atoms with Gasteiger partial charge in [-0.2, -0.15) is 11.8 Å². The van der Waals surface area contributed by atoms with Crippen LogP contribution in [0.15, 0.2) is 0 Å². The highest BCUT2D eigenvalue weighted by Crippen LogP contribution is 2.42. The molecule has 0 spiro atoms. The number of aliphatic hydroxyl groups is 1. The molecule has 2 N–H and O–H groups in total. The predicted octanol–water partition coefficient (Wildman–Crippen LogP) is 1.63. The molecule has 1 fully saturated rings. The van der Waals surface area contributed by atoms with E-state index in [2.05, 4.69) is 11.6 Å². The highest BCUT2D eigenvalue weighted by atomic mass is 32.2. The van der Waals surface area contributed by atoms with Gasteiger partial charge in [0.05, 0.1) is 6.10 Å². The van der Waals surface area contributed by atoms with Gasteiger partial charge in [0.15, 0.2) is 0 Å². The summed E-state index contributed by atoms with van der Waals surface area (Å²) < 4.78 is 0.475. The zero-order valence-corrected chi connectivity index (χ0v) is 9.66. The van der Waals surface area contributed by atoms with E-state index in [0.29, 0.717) is 4.75 Å². The quantitative estimate of drug-likeness (QED) is 0.712. The van der Waals surface area contributed by atoms with E-state index < -0.39 is 0 Å². The number of nitrogens with one attached hydrogen (secondary N) is 1. The highest BCUT2D eigenvalue weighted by molar-refractivity contribution is 8.00. The first-order chi connectivity index (χ1) is 6.09. The third kappa shape index (κ3) is 2.86. The summed E-state index contributed by atoms with van der Waals surface area (Å²) in [4.78, 5) is 0. The zero-order valence-electron chi connectivity index (χ0n) is 8.84. The Morgan fingerprint density at radius 1 is 1.46 bits per heavy atom. The average molecular weight is 203 g/mol. The van der Waals surface area contributed by atoms with E-state index >= 15 is 0 Å². The molecule has 3 heteroatoms. The van der Waals surface area contributed by atoms with Crippen LogP contribution < -0.4 is 5.32 Å². The SMILES string of the molecule is CSC1(CNC(C)C(C)O)CCC1. The fourth-order valence-corrected chi connectivity index (χ4v) is 2.47. The topological polar surface area (TPSA) is 32.3 Å². The molecule has 0 aromatic rings. The molecule has 0 aromatic carbocycles. The van der Waals surface area contributed by atoms with Gasteiger partial charge in [-0.25, -0.2) is 0 Å². The normalized spacial score (nSPS) is 24.9. The first-order valence-electron chi connectivity index (χ1n) is 5.06. The molecule has 1 aliphatic rings. The maximum atomic E-state index is 9.31. The Morgan fingerprint density at radius 2 is 2.08 bits per heavy atom. The van der Waals surface area contributed by atoms with E-state index in [1.165, 1.54) is 19.3 Å². The lowest BCUT2D eigenvalue weighted by Crippen LogP contribution is -2.48. The van der Waals surface area contributed by atoms with Crippen molar-refractivity contribution in [1.29, 1.82) is 0 Å². The Kier molecular flexibility index (Phi) is 4.07. The van der Waals surface area contributed by atoms with Gasteiger partial charge < -0.3 is 10.4 Å². The van der Waals surface area contributed by atoms with E-state index in [9.17, 15) is 5.11 Å². The molecule has 1 aliphatic carbocycles. The third-order valence-electron chi connectivity index (χ3n) is 3.17. The van der Waals surface area contributed by atoms with Crippen LogP contribution in [-0.2, 0) is 0 Å². The fourth-order valence-electron chi connectivity index (χ4n) is 1.54. The molecule has 0 aromatic heterocycles. The fraction of sp³-hybridized carbons (Fsp3) is 1.00. The summed E-state index contributed by atoms with van der Waals surface area (Å²) in [6, 6.07) is 0.213. The van der Waals surface area contributed by atoms with Crippen LogP contribution in [0.4, 0.5) is 0 Å². The number of thioether (sulfide) groups is 1. The molecule has 1 saturated carbocycles. The lowest BCUT2D eigenvalue weighted by atomic mass is 9.84. The smallest absolute Gasteiger partial charge is 0.0662 e. The maximum absolute atomic E-state index is 9.31. The molecule has 2 atom stereocenters. The second kappa shape index (κ2) is 4.67. The van der Waals surface area contributed by atoms with Crippen molar-refractivity contribution in [3.8, 4) is 0 Å². The molecule has 1 rings (SSSR count).